The summed E-state index contributed by atoms with van der Waals surface area (Å²) in [6.07, 6.45) is 4.50. The van der Waals surface area contributed by atoms with Crippen LogP contribution in [0.5, 0.6) is 0 Å². The van der Waals surface area contributed by atoms with Gasteiger partial charge in [-0.15, -0.1) is 0 Å². The number of hydrogen-bond donors (Lipinski definition) is 1. The fourth-order valence-electron chi connectivity index (χ4n) is 1.14. The van der Waals surface area contributed by atoms with Crippen molar-refractivity contribution in [2.24, 2.45) is 7.05 Å². The predicted octanol–water partition coefficient (Wildman–Crippen LogP) is 0.462. The van der Waals surface area contributed by atoms with Crippen LogP contribution in [-0.4, -0.2) is 25.7 Å². The number of rotatable bonds is 2. The molecule has 1 amide bonds. The average molecular weight is 203 g/mol. The first-order valence-corrected chi connectivity index (χ1v) is 4.33. The van der Waals surface area contributed by atoms with Gasteiger partial charge in [-0.2, -0.15) is 5.10 Å². The van der Waals surface area contributed by atoms with Gasteiger partial charge in [0.25, 0.3) is 5.91 Å². The number of carbonyl (C=O) groups excluding carboxylic acids is 1. The zero-order valence-corrected chi connectivity index (χ0v) is 8.08. The van der Waals surface area contributed by atoms with Crippen molar-refractivity contribution in [3.63, 3.8) is 0 Å². The Balaban J connectivity index is 2.15. The summed E-state index contributed by atoms with van der Waals surface area (Å²) in [6.45, 7) is 0. The fourth-order valence-corrected chi connectivity index (χ4v) is 1.14. The van der Waals surface area contributed by atoms with Crippen LogP contribution in [0.2, 0.25) is 0 Å². The predicted molar refractivity (Wildman–Crippen MR) is 53.2 cm³/mol. The standard InChI is InChI=1S/C9H9N5O/c1-14-7(2-5-12-14)9(15)13-8-3-4-10-6-11-8/h2-6H,1H3,(H,10,11,13,15). The third-order valence-electron chi connectivity index (χ3n) is 1.88. The van der Waals surface area contributed by atoms with Crippen molar-refractivity contribution in [3.05, 3.63) is 36.5 Å². The minimum atomic E-state index is -0.242. The lowest BCUT2D eigenvalue weighted by atomic mass is 10.4. The number of amides is 1. The van der Waals surface area contributed by atoms with E-state index in [0.717, 1.165) is 0 Å². The lowest BCUT2D eigenvalue weighted by Gasteiger charge is -2.03. The van der Waals surface area contributed by atoms with Gasteiger partial charge in [-0.1, -0.05) is 0 Å². The molecule has 0 saturated carbocycles. The molecule has 2 aromatic rings. The molecule has 0 aliphatic heterocycles. The van der Waals surface area contributed by atoms with E-state index in [1.165, 1.54) is 11.0 Å². The maximum absolute atomic E-state index is 11.7. The monoisotopic (exact) mass is 203 g/mol. The molecule has 15 heavy (non-hydrogen) atoms. The molecule has 0 fully saturated rings. The largest absolute Gasteiger partial charge is 0.305 e. The van der Waals surface area contributed by atoms with Crippen molar-refractivity contribution < 1.29 is 4.79 Å². The molecular formula is C9H9N5O. The molecule has 2 aromatic heterocycles. The Morgan fingerprint density at radius 1 is 1.40 bits per heavy atom. The van der Waals surface area contributed by atoms with E-state index in [-0.39, 0.29) is 5.91 Å². The molecule has 0 spiro atoms. The minimum Gasteiger partial charge on any atom is -0.305 e. The minimum absolute atomic E-state index is 0.242. The summed E-state index contributed by atoms with van der Waals surface area (Å²) in [7, 11) is 1.70. The van der Waals surface area contributed by atoms with Crippen LogP contribution in [-0.2, 0) is 7.05 Å². The van der Waals surface area contributed by atoms with Gasteiger partial charge >= 0.3 is 0 Å². The van der Waals surface area contributed by atoms with Crippen LogP contribution in [0, 0.1) is 0 Å². The quantitative estimate of drug-likeness (QED) is 0.769. The Morgan fingerprint density at radius 3 is 2.87 bits per heavy atom. The molecule has 1 N–H and O–H groups in total. The number of anilines is 1. The molecule has 6 nitrogen and oxygen atoms in total. The Hall–Kier alpha value is -2.24. The van der Waals surface area contributed by atoms with Gasteiger partial charge in [0, 0.05) is 19.4 Å². The van der Waals surface area contributed by atoms with Crippen LogP contribution in [0.25, 0.3) is 0 Å². The molecule has 2 heterocycles. The number of nitrogens with zero attached hydrogens (tertiary/aromatic N) is 4. The number of aryl methyl sites for hydroxylation is 1. The first kappa shape index (κ1) is 9.32. The third kappa shape index (κ3) is 1.98. The van der Waals surface area contributed by atoms with Gasteiger partial charge < -0.3 is 5.32 Å². The average Bonchev–Trinajstić information content (AvgIpc) is 2.66. The van der Waals surface area contributed by atoms with Crippen molar-refractivity contribution in [2.45, 2.75) is 0 Å². The highest BCUT2D eigenvalue weighted by atomic mass is 16.2. The first-order chi connectivity index (χ1) is 7.27. The fraction of sp³-hybridized carbons (Fsp3) is 0.111. The third-order valence-corrected chi connectivity index (χ3v) is 1.88. The second kappa shape index (κ2) is 3.87. The summed E-state index contributed by atoms with van der Waals surface area (Å²) in [5, 5.41) is 6.54. The van der Waals surface area contributed by atoms with Crippen LogP contribution < -0.4 is 5.32 Å². The highest BCUT2D eigenvalue weighted by Gasteiger charge is 2.09. The van der Waals surface area contributed by atoms with Gasteiger partial charge in [0.1, 0.15) is 17.8 Å². The molecule has 0 saturated heterocycles. The van der Waals surface area contributed by atoms with Gasteiger partial charge in [0.2, 0.25) is 0 Å². The normalized spacial score (nSPS) is 9.93. The summed E-state index contributed by atoms with van der Waals surface area (Å²) in [5.41, 5.74) is 0.480. The van der Waals surface area contributed by atoms with Crippen molar-refractivity contribution in [1.82, 2.24) is 19.7 Å². The van der Waals surface area contributed by atoms with Gasteiger partial charge in [-0.05, 0) is 12.1 Å². The van der Waals surface area contributed by atoms with Crippen LogP contribution >= 0.6 is 0 Å². The van der Waals surface area contributed by atoms with E-state index >= 15 is 0 Å². The first-order valence-electron chi connectivity index (χ1n) is 4.33. The summed E-state index contributed by atoms with van der Waals surface area (Å²) in [5.74, 6) is 0.227. The number of carbonyl (C=O) groups is 1. The van der Waals surface area contributed by atoms with E-state index in [1.54, 1.807) is 31.6 Å². The topological polar surface area (TPSA) is 72.7 Å². The van der Waals surface area contributed by atoms with E-state index in [1.807, 2.05) is 0 Å². The summed E-state index contributed by atoms with van der Waals surface area (Å²) in [4.78, 5) is 19.3. The van der Waals surface area contributed by atoms with Crippen molar-refractivity contribution in [2.75, 3.05) is 5.32 Å². The number of hydrogen-bond acceptors (Lipinski definition) is 4. The number of nitrogens with one attached hydrogen (secondary N) is 1. The molecule has 6 heteroatoms. The second-order valence-corrected chi connectivity index (χ2v) is 2.89. The van der Waals surface area contributed by atoms with E-state index in [9.17, 15) is 4.79 Å². The molecule has 0 bridgehead atoms. The highest BCUT2D eigenvalue weighted by molar-refractivity contribution is 6.02. The van der Waals surface area contributed by atoms with E-state index in [2.05, 4.69) is 20.4 Å². The Morgan fingerprint density at radius 2 is 2.27 bits per heavy atom. The smallest absolute Gasteiger partial charge is 0.275 e. The Kier molecular flexibility index (Phi) is 2.40. The van der Waals surface area contributed by atoms with E-state index in [4.69, 9.17) is 0 Å². The van der Waals surface area contributed by atoms with Crippen molar-refractivity contribution >= 4 is 11.7 Å². The summed E-state index contributed by atoms with van der Waals surface area (Å²) in [6, 6.07) is 3.25. The van der Waals surface area contributed by atoms with Gasteiger partial charge in [-0.25, -0.2) is 9.97 Å². The number of aromatic nitrogens is 4. The van der Waals surface area contributed by atoms with Gasteiger partial charge in [-0.3, -0.25) is 9.48 Å². The molecule has 0 aliphatic rings. The maximum Gasteiger partial charge on any atom is 0.275 e. The van der Waals surface area contributed by atoms with Gasteiger partial charge in [0.15, 0.2) is 0 Å². The second-order valence-electron chi connectivity index (χ2n) is 2.89. The van der Waals surface area contributed by atoms with Crippen LogP contribution in [0.15, 0.2) is 30.9 Å². The molecule has 76 valence electrons. The Bertz CT molecular complexity index is 464. The SMILES string of the molecule is Cn1nccc1C(=O)Nc1ccncn1. The van der Waals surface area contributed by atoms with Crippen LogP contribution in [0.3, 0.4) is 0 Å². The van der Waals surface area contributed by atoms with Crippen LogP contribution in [0.4, 0.5) is 5.82 Å². The molecule has 0 aromatic carbocycles. The molecule has 0 radical (unpaired) electrons. The lowest BCUT2D eigenvalue weighted by molar-refractivity contribution is 0.101. The molecule has 2 rings (SSSR count). The molecule has 0 atom stereocenters. The zero-order chi connectivity index (χ0) is 10.7. The Labute approximate surface area is 86.0 Å². The van der Waals surface area contributed by atoms with Crippen LogP contribution in [0.1, 0.15) is 10.5 Å². The maximum atomic E-state index is 11.7. The molecular weight excluding hydrogens is 194 g/mol. The summed E-state index contributed by atoms with van der Waals surface area (Å²) >= 11 is 0. The zero-order valence-electron chi connectivity index (χ0n) is 8.08. The van der Waals surface area contributed by atoms with Crippen molar-refractivity contribution in [1.29, 1.82) is 0 Å². The van der Waals surface area contributed by atoms with Gasteiger partial charge in [0.05, 0.1) is 0 Å². The van der Waals surface area contributed by atoms with Crippen molar-refractivity contribution in [3.8, 4) is 0 Å². The lowest BCUT2D eigenvalue weighted by Crippen LogP contribution is -2.16. The van der Waals surface area contributed by atoms with E-state index < -0.39 is 0 Å². The highest BCUT2D eigenvalue weighted by Crippen LogP contribution is 2.03. The van der Waals surface area contributed by atoms with E-state index in [0.29, 0.717) is 11.5 Å². The molecule has 0 unspecified atom stereocenters. The molecule has 0 aliphatic carbocycles. The summed E-state index contributed by atoms with van der Waals surface area (Å²) < 4.78 is 1.50.